The number of benzene rings is 1. The Kier molecular flexibility index (Phi) is 3.13. The molecule has 2 rings (SSSR count). The van der Waals surface area contributed by atoms with E-state index in [0.29, 0.717) is 0 Å². The second-order valence-electron chi connectivity index (χ2n) is 4.36. The van der Waals surface area contributed by atoms with Gasteiger partial charge in [-0.2, -0.15) is 4.39 Å². The van der Waals surface area contributed by atoms with E-state index in [4.69, 9.17) is 4.74 Å². The summed E-state index contributed by atoms with van der Waals surface area (Å²) in [5, 5.41) is 0. The molecule has 16 heavy (non-hydrogen) atoms. The lowest BCUT2D eigenvalue weighted by Gasteiger charge is -2.27. The number of fused-ring (bicyclic) bond motifs is 1. The Labute approximate surface area is 94.4 Å². The molecule has 0 N–H and O–H groups in total. The molecule has 0 aromatic heterocycles. The van der Waals surface area contributed by atoms with Crippen LogP contribution in [0.25, 0.3) is 0 Å². The van der Waals surface area contributed by atoms with Crippen molar-refractivity contribution in [2.24, 2.45) is 0 Å². The quantitative estimate of drug-likeness (QED) is 0.746. The third-order valence-corrected chi connectivity index (χ3v) is 3.11. The minimum Gasteiger partial charge on any atom is -0.487 e. The third-order valence-electron chi connectivity index (χ3n) is 3.11. The van der Waals surface area contributed by atoms with E-state index in [2.05, 4.69) is 6.92 Å². The number of hydrogen-bond acceptors (Lipinski definition) is 1. The van der Waals surface area contributed by atoms with Gasteiger partial charge in [-0.1, -0.05) is 13.3 Å². The van der Waals surface area contributed by atoms with Crippen molar-refractivity contribution in [2.75, 3.05) is 0 Å². The van der Waals surface area contributed by atoms with Crippen molar-refractivity contribution in [3.05, 3.63) is 28.8 Å². The largest absolute Gasteiger partial charge is 0.487 e. The van der Waals surface area contributed by atoms with E-state index < -0.39 is 11.6 Å². The Morgan fingerprint density at radius 3 is 2.88 bits per heavy atom. The van der Waals surface area contributed by atoms with E-state index >= 15 is 0 Å². The Balaban J connectivity index is 2.36. The number of halogens is 2. The summed E-state index contributed by atoms with van der Waals surface area (Å²) in [6, 6.07) is 1.25. The van der Waals surface area contributed by atoms with Gasteiger partial charge >= 0.3 is 0 Å². The summed E-state index contributed by atoms with van der Waals surface area (Å²) in [6.07, 6.45) is 3.60. The van der Waals surface area contributed by atoms with Gasteiger partial charge in [0.15, 0.2) is 11.6 Å². The number of hydrogen-bond donors (Lipinski definition) is 0. The maximum Gasteiger partial charge on any atom is 0.200 e. The van der Waals surface area contributed by atoms with Crippen molar-refractivity contribution in [1.82, 2.24) is 0 Å². The van der Waals surface area contributed by atoms with Gasteiger partial charge < -0.3 is 4.74 Å². The fourth-order valence-electron chi connectivity index (χ4n) is 2.25. The van der Waals surface area contributed by atoms with Crippen LogP contribution in [0.15, 0.2) is 6.07 Å². The molecular formula is C13H16F2O. The molecular weight excluding hydrogens is 210 g/mol. The fraction of sp³-hybridized carbons (Fsp3) is 0.538. The molecule has 1 heterocycles. The minimum absolute atomic E-state index is 0.0354. The van der Waals surface area contributed by atoms with Crippen molar-refractivity contribution in [2.45, 2.75) is 45.6 Å². The average Bonchev–Trinajstić information content (AvgIpc) is 2.26. The van der Waals surface area contributed by atoms with E-state index in [1.807, 2.05) is 0 Å². The predicted octanol–water partition coefficient (Wildman–Crippen LogP) is 3.77. The van der Waals surface area contributed by atoms with Crippen LogP contribution < -0.4 is 4.74 Å². The molecule has 0 aliphatic carbocycles. The zero-order chi connectivity index (χ0) is 11.7. The molecule has 0 saturated heterocycles. The summed E-state index contributed by atoms with van der Waals surface area (Å²) in [5.41, 5.74) is 1.61. The van der Waals surface area contributed by atoms with Gasteiger partial charge in [-0.25, -0.2) is 4.39 Å². The smallest absolute Gasteiger partial charge is 0.200 e. The molecule has 1 aliphatic heterocycles. The lowest BCUT2D eigenvalue weighted by atomic mass is 9.96. The van der Waals surface area contributed by atoms with Crippen LogP contribution in [0.2, 0.25) is 0 Å². The van der Waals surface area contributed by atoms with Crippen molar-refractivity contribution in [1.29, 1.82) is 0 Å². The van der Waals surface area contributed by atoms with E-state index in [1.165, 1.54) is 6.07 Å². The summed E-state index contributed by atoms with van der Waals surface area (Å²) in [5.74, 6) is -1.50. The highest BCUT2D eigenvalue weighted by Gasteiger charge is 2.25. The van der Waals surface area contributed by atoms with Crippen molar-refractivity contribution in [3.63, 3.8) is 0 Å². The van der Waals surface area contributed by atoms with Crippen molar-refractivity contribution in [3.8, 4) is 5.75 Å². The third kappa shape index (κ3) is 1.91. The zero-order valence-corrected chi connectivity index (χ0v) is 9.65. The van der Waals surface area contributed by atoms with E-state index in [-0.39, 0.29) is 11.9 Å². The molecule has 0 fully saturated rings. The summed E-state index contributed by atoms with van der Waals surface area (Å²) in [4.78, 5) is 0. The van der Waals surface area contributed by atoms with Crippen molar-refractivity contribution < 1.29 is 13.5 Å². The maximum atomic E-state index is 13.6. The first kappa shape index (κ1) is 11.4. The van der Waals surface area contributed by atoms with Crippen LogP contribution in [0.3, 0.4) is 0 Å². The second-order valence-corrected chi connectivity index (χ2v) is 4.36. The summed E-state index contributed by atoms with van der Waals surface area (Å²) in [6.45, 7) is 3.86. The molecule has 0 bridgehead atoms. The molecule has 0 radical (unpaired) electrons. The first-order valence-corrected chi connectivity index (χ1v) is 5.77. The SMILES string of the molecule is CCCC1CCc2c(C)cc(F)c(F)c2O1. The molecule has 1 aliphatic rings. The van der Waals surface area contributed by atoms with Gasteiger partial charge in [-0.05, 0) is 37.8 Å². The Bertz CT molecular complexity index is 401. The molecule has 0 spiro atoms. The highest BCUT2D eigenvalue weighted by Crippen LogP contribution is 2.35. The van der Waals surface area contributed by atoms with Crippen LogP contribution in [0.5, 0.6) is 5.75 Å². The number of rotatable bonds is 2. The van der Waals surface area contributed by atoms with Gasteiger partial charge in [-0.15, -0.1) is 0 Å². The first-order valence-electron chi connectivity index (χ1n) is 5.77. The zero-order valence-electron chi connectivity index (χ0n) is 9.65. The molecule has 1 aromatic carbocycles. The molecule has 3 heteroatoms. The minimum atomic E-state index is -0.832. The van der Waals surface area contributed by atoms with Crippen LogP contribution in [-0.2, 0) is 6.42 Å². The van der Waals surface area contributed by atoms with E-state index in [0.717, 1.165) is 36.8 Å². The second kappa shape index (κ2) is 4.40. The topological polar surface area (TPSA) is 9.23 Å². The summed E-state index contributed by atoms with van der Waals surface area (Å²) >= 11 is 0. The molecule has 1 atom stereocenters. The first-order chi connectivity index (χ1) is 7.63. The van der Waals surface area contributed by atoms with Gasteiger partial charge in [0.25, 0.3) is 0 Å². The molecule has 88 valence electrons. The monoisotopic (exact) mass is 226 g/mol. The van der Waals surface area contributed by atoms with Gasteiger partial charge in [0.05, 0.1) is 6.10 Å². The Morgan fingerprint density at radius 2 is 2.19 bits per heavy atom. The average molecular weight is 226 g/mol. The highest BCUT2D eigenvalue weighted by atomic mass is 19.2. The van der Waals surface area contributed by atoms with Crippen LogP contribution >= 0.6 is 0 Å². The molecule has 1 aromatic rings. The molecule has 1 nitrogen and oxygen atoms in total. The van der Waals surface area contributed by atoms with Gasteiger partial charge in [0.1, 0.15) is 0 Å². The summed E-state index contributed by atoms with van der Waals surface area (Å²) in [7, 11) is 0. The standard InChI is InChI=1S/C13H16F2O/c1-3-4-9-5-6-10-8(2)7-11(14)12(15)13(10)16-9/h7,9H,3-6H2,1-2H3. The van der Waals surface area contributed by atoms with Gasteiger partial charge in [-0.3, -0.25) is 0 Å². The summed E-state index contributed by atoms with van der Waals surface area (Å²) < 4.78 is 32.4. The predicted molar refractivity (Wildman–Crippen MR) is 58.7 cm³/mol. The lowest BCUT2D eigenvalue weighted by molar-refractivity contribution is 0.153. The van der Waals surface area contributed by atoms with E-state index in [1.54, 1.807) is 6.92 Å². The lowest BCUT2D eigenvalue weighted by Crippen LogP contribution is -2.24. The molecule has 1 unspecified atom stereocenters. The van der Waals surface area contributed by atoms with E-state index in [9.17, 15) is 8.78 Å². The molecule has 0 amide bonds. The van der Waals surface area contributed by atoms with Gasteiger partial charge in [0.2, 0.25) is 5.82 Å². The van der Waals surface area contributed by atoms with Gasteiger partial charge in [0, 0.05) is 5.56 Å². The normalized spacial score (nSPS) is 19.1. The van der Waals surface area contributed by atoms with Crippen LogP contribution in [0.1, 0.15) is 37.3 Å². The van der Waals surface area contributed by atoms with Crippen LogP contribution in [0.4, 0.5) is 8.78 Å². The fourth-order valence-corrected chi connectivity index (χ4v) is 2.25. The maximum absolute atomic E-state index is 13.6. The molecule has 0 saturated carbocycles. The van der Waals surface area contributed by atoms with Crippen LogP contribution in [0, 0.1) is 18.6 Å². The Hall–Kier alpha value is -1.12. The van der Waals surface area contributed by atoms with Crippen LogP contribution in [-0.4, -0.2) is 6.10 Å². The highest BCUT2D eigenvalue weighted by molar-refractivity contribution is 5.43. The number of ether oxygens (including phenoxy) is 1. The Morgan fingerprint density at radius 1 is 1.44 bits per heavy atom. The van der Waals surface area contributed by atoms with Crippen molar-refractivity contribution >= 4 is 0 Å². The number of aryl methyl sites for hydroxylation is 1.